The van der Waals surface area contributed by atoms with Gasteiger partial charge in [0.05, 0.1) is 17.4 Å². The van der Waals surface area contributed by atoms with Gasteiger partial charge in [-0.2, -0.15) is 0 Å². The van der Waals surface area contributed by atoms with Crippen LogP contribution in [0.15, 0.2) is 91.5 Å². The molecule has 3 aromatic heterocycles. The monoisotopic (exact) mass is 405 g/mol. The Morgan fingerprint density at radius 3 is 2.55 bits per heavy atom. The molecule has 31 heavy (non-hydrogen) atoms. The van der Waals surface area contributed by atoms with E-state index in [4.69, 9.17) is 4.98 Å². The second-order valence-electron chi connectivity index (χ2n) is 7.77. The van der Waals surface area contributed by atoms with Gasteiger partial charge < -0.3 is 9.88 Å². The first-order valence-electron chi connectivity index (χ1n) is 10.4. The summed E-state index contributed by atoms with van der Waals surface area (Å²) in [4.78, 5) is 13.6. The Labute approximate surface area is 181 Å². The standard InChI is InChI=1S/C26H23N5/c1-18(2)31-17-23(22-11-13-27-16-25(22)31)24-12-14-28-26(30-24)29-21-10-6-9-20(15-21)19-7-4-3-5-8-19/h3-18H,1-2H3,(H,28,29,30). The minimum absolute atomic E-state index is 0.334. The van der Waals surface area contributed by atoms with Gasteiger partial charge >= 0.3 is 0 Å². The lowest BCUT2D eigenvalue weighted by Crippen LogP contribution is -1.99. The van der Waals surface area contributed by atoms with E-state index in [-0.39, 0.29) is 0 Å². The molecule has 2 aromatic carbocycles. The Morgan fingerprint density at radius 2 is 1.71 bits per heavy atom. The van der Waals surface area contributed by atoms with Gasteiger partial charge in [0, 0.05) is 41.3 Å². The van der Waals surface area contributed by atoms with Crippen molar-refractivity contribution in [3.63, 3.8) is 0 Å². The molecule has 0 saturated heterocycles. The van der Waals surface area contributed by atoms with Crippen LogP contribution in [0.25, 0.3) is 33.3 Å². The summed E-state index contributed by atoms with van der Waals surface area (Å²) in [6.07, 6.45) is 7.69. The van der Waals surface area contributed by atoms with Crippen LogP contribution in [0.2, 0.25) is 0 Å². The minimum atomic E-state index is 0.334. The molecule has 0 aliphatic rings. The lowest BCUT2D eigenvalue weighted by atomic mass is 10.1. The van der Waals surface area contributed by atoms with E-state index >= 15 is 0 Å². The Bertz CT molecular complexity index is 1340. The van der Waals surface area contributed by atoms with Gasteiger partial charge in [0.2, 0.25) is 5.95 Å². The molecular formula is C26H23N5. The molecule has 0 aliphatic carbocycles. The maximum absolute atomic E-state index is 4.81. The number of rotatable bonds is 5. The first-order chi connectivity index (χ1) is 15.2. The van der Waals surface area contributed by atoms with Crippen LogP contribution in [-0.4, -0.2) is 19.5 Å². The van der Waals surface area contributed by atoms with Crippen LogP contribution in [-0.2, 0) is 0 Å². The van der Waals surface area contributed by atoms with Crippen molar-refractivity contribution in [1.82, 2.24) is 19.5 Å². The molecule has 0 fully saturated rings. The summed E-state index contributed by atoms with van der Waals surface area (Å²) in [5.41, 5.74) is 6.34. The summed E-state index contributed by atoms with van der Waals surface area (Å²) in [6.45, 7) is 4.34. The third-order valence-corrected chi connectivity index (χ3v) is 5.35. The summed E-state index contributed by atoms with van der Waals surface area (Å²) in [7, 11) is 0. The highest BCUT2D eigenvalue weighted by Crippen LogP contribution is 2.31. The van der Waals surface area contributed by atoms with Crippen LogP contribution in [0.1, 0.15) is 19.9 Å². The zero-order valence-electron chi connectivity index (χ0n) is 17.5. The predicted molar refractivity (Wildman–Crippen MR) is 126 cm³/mol. The van der Waals surface area contributed by atoms with E-state index in [1.165, 1.54) is 5.56 Å². The van der Waals surface area contributed by atoms with E-state index < -0.39 is 0 Å². The number of pyridine rings is 1. The van der Waals surface area contributed by atoms with Gasteiger partial charge in [-0.25, -0.2) is 9.97 Å². The molecule has 0 saturated carbocycles. The zero-order chi connectivity index (χ0) is 21.2. The quantitative estimate of drug-likeness (QED) is 0.363. The van der Waals surface area contributed by atoms with E-state index in [0.29, 0.717) is 12.0 Å². The topological polar surface area (TPSA) is 55.6 Å². The lowest BCUT2D eigenvalue weighted by molar-refractivity contribution is 0.622. The van der Waals surface area contributed by atoms with E-state index in [1.807, 2.05) is 54.9 Å². The number of anilines is 2. The molecule has 0 amide bonds. The number of nitrogens with zero attached hydrogens (tertiary/aromatic N) is 4. The van der Waals surface area contributed by atoms with Gasteiger partial charge in [0.1, 0.15) is 0 Å². The second-order valence-corrected chi connectivity index (χ2v) is 7.77. The molecule has 3 heterocycles. The SMILES string of the molecule is CC(C)n1cc(-c2ccnc(Nc3cccc(-c4ccccc4)c3)n2)c2ccncc21. The zero-order valence-corrected chi connectivity index (χ0v) is 17.5. The first-order valence-corrected chi connectivity index (χ1v) is 10.4. The second kappa shape index (κ2) is 8.03. The smallest absolute Gasteiger partial charge is 0.227 e. The van der Waals surface area contributed by atoms with Crippen molar-refractivity contribution in [2.24, 2.45) is 0 Å². The minimum Gasteiger partial charge on any atom is -0.343 e. The average Bonchev–Trinajstić information content (AvgIpc) is 3.20. The largest absolute Gasteiger partial charge is 0.343 e. The predicted octanol–water partition coefficient (Wildman–Crippen LogP) is 6.48. The van der Waals surface area contributed by atoms with Crippen molar-refractivity contribution >= 4 is 22.5 Å². The highest BCUT2D eigenvalue weighted by Gasteiger charge is 2.14. The van der Waals surface area contributed by atoms with Gasteiger partial charge in [0.15, 0.2) is 0 Å². The van der Waals surface area contributed by atoms with Gasteiger partial charge in [-0.3, -0.25) is 4.98 Å². The molecule has 0 atom stereocenters. The molecule has 1 N–H and O–H groups in total. The van der Waals surface area contributed by atoms with Crippen LogP contribution in [0.3, 0.4) is 0 Å². The third-order valence-electron chi connectivity index (χ3n) is 5.35. The number of nitrogens with one attached hydrogen (secondary N) is 1. The Kier molecular flexibility index (Phi) is 4.92. The van der Waals surface area contributed by atoms with Crippen molar-refractivity contribution in [3.05, 3.63) is 91.5 Å². The maximum Gasteiger partial charge on any atom is 0.227 e. The molecule has 0 radical (unpaired) electrons. The van der Waals surface area contributed by atoms with E-state index in [1.54, 1.807) is 6.20 Å². The molecule has 0 unspecified atom stereocenters. The number of benzene rings is 2. The summed E-state index contributed by atoms with van der Waals surface area (Å²) in [5.74, 6) is 0.571. The van der Waals surface area contributed by atoms with Crippen LogP contribution < -0.4 is 5.32 Å². The lowest BCUT2D eigenvalue weighted by Gasteiger charge is -2.09. The van der Waals surface area contributed by atoms with E-state index in [9.17, 15) is 0 Å². The molecule has 0 spiro atoms. The molecule has 0 bridgehead atoms. The number of hydrogen-bond donors (Lipinski definition) is 1. The first kappa shape index (κ1) is 19.0. The Balaban J connectivity index is 1.49. The molecular weight excluding hydrogens is 382 g/mol. The van der Waals surface area contributed by atoms with Crippen LogP contribution in [0.4, 0.5) is 11.6 Å². The van der Waals surface area contributed by atoms with Crippen LogP contribution in [0.5, 0.6) is 0 Å². The number of aromatic nitrogens is 4. The summed E-state index contributed by atoms with van der Waals surface area (Å²) >= 11 is 0. The van der Waals surface area contributed by atoms with Crippen molar-refractivity contribution in [3.8, 4) is 22.4 Å². The molecule has 5 nitrogen and oxygen atoms in total. The van der Waals surface area contributed by atoms with Crippen molar-refractivity contribution in [2.75, 3.05) is 5.32 Å². The summed E-state index contributed by atoms with van der Waals surface area (Å²) < 4.78 is 2.23. The van der Waals surface area contributed by atoms with Crippen molar-refractivity contribution in [1.29, 1.82) is 0 Å². The van der Waals surface area contributed by atoms with Crippen molar-refractivity contribution in [2.45, 2.75) is 19.9 Å². The molecule has 152 valence electrons. The third kappa shape index (κ3) is 3.78. The van der Waals surface area contributed by atoms with Gasteiger partial charge in [-0.1, -0.05) is 42.5 Å². The fourth-order valence-corrected chi connectivity index (χ4v) is 3.83. The Hall–Kier alpha value is -3.99. The van der Waals surface area contributed by atoms with Crippen LogP contribution >= 0.6 is 0 Å². The van der Waals surface area contributed by atoms with Gasteiger partial charge in [-0.05, 0) is 49.2 Å². The molecule has 0 aliphatic heterocycles. The number of hydrogen-bond acceptors (Lipinski definition) is 4. The number of fused-ring (bicyclic) bond motifs is 1. The van der Waals surface area contributed by atoms with Gasteiger partial charge in [-0.15, -0.1) is 0 Å². The van der Waals surface area contributed by atoms with E-state index in [2.05, 4.69) is 64.2 Å². The maximum atomic E-state index is 4.81. The molecule has 5 heteroatoms. The molecule has 5 aromatic rings. The average molecular weight is 406 g/mol. The summed E-state index contributed by atoms with van der Waals surface area (Å²) in [6, 6.07) is 22.9. The highest BCUT2D eigenvalue weighted by molar-refractivity contribution is 5.94. The fraction of sp³-hybridized carbons (Fsp3) is 0.115. The van der Waals surface area contributed by atoms with E-state index in [0.717, 1.165) is 33.4 Å². The molecule has 5 rings (SSSR count). The summed E-state index contributed by atoms with van der Waals surface area (Å²) in [5, 5.41) is 4.50. The fourth-order valence-electron chi connectivity index (χ4n) is 3.83. The van der Waals surface area contributed by atoms with Gasteiger partial charge in [0.25, 0.3) is 0 Å². The normalized spacial score (nSPS) is 11.2. The van der Waals surface area contributed by atoms with Crippen LogP contribution in [0, 0.1) is 0 Å². The Morgan fingerprint density at radius 1 is 0.871 bits per heavy atom. The van der Waals surface area contributed by atoms with Crippen molar-refractivity contribution < 1.29 is 0 Å². The highest BCUT2D eigenvalue weighted by atomic mass is 15.1.